The van der Waals surface area contributed by atoms with Crippen LogP contribution in [0.2, 0.25) is 5.02 Å². The van der Waals surface area contributed by atoms with Crippen molar-refractivity contribution in [2.24, 2.45) is 0 Å². The third kappa shape index (κ3) is 4.51. The summed E-state index contributed by atoms with van der Waals surface area (Å²) in [6.07, 6.45) is 0. The first-order chi connectivity index (χ1) is 14.6. The summed E-state index contributed by atoms with van der Waals surface area (Å²) in [5.74, 6) is -1.09. The Hall–Kier alpha value is -1.53. The van der Waals surface area contributed by atoms with Gasteiger partial charge in [0, 0.05) is 10.3 Å². The number of rotatable bonds is 7. The van der Waals surface area contributed by atoms with E-state index in [-0.39, 0.29) is 24.4 Å². The Morgan fingerprint density at radius 2 is 1.94 bits per heavy atom. The molecule has 3 unspecified atom stereocenters. The van der Waals surface area contributed by atoms with Crippen molar-refractivity contribution in [2.75, 3.05) is 17.5 Å². The van der Waals surface area contributed by atoms with E-state index in [1.165, 1.54) is 16.4 Å². The summed E-state index contributed by atoms with van der Waals surface area (Å²) in [4.78, 5) is 12.9. The van der Waals surface area contributed by atoms with E-state index in [0.29, 0.717) is 21.8 Å². The molecule has 3 atom stereocenters. The highest BCUT2D eigenvalue weighted by molar-refractivity contribution is 7.82. The maximum absolute atomic E-state index is 14.6. The fourth-order valence-corrected chi connectivity index (χ4v) is 7.41. The molecule has 0 spiro atoms. The molecule has 31 heavy (non-hydrogen) atoms. The van der Waals surface area contributed by atoms with Crippen LogP contribution in [0.5, 0.6) is 0 Å². The summed E-state index contributed by atoms with van der Waals surface area (Å²) < 4.78 is 41.7. The molecule has 0 aliphatic carbocycles. The zero-order chi connectivity index (χ0) is 22.9. The number of hydrogen-bond donors (Lipinski definition) is 1. The third-order valence-corrected chi connectivity index (χ3v) is 8.88. The van der Waals surface area contributed by atoms with E-state index in [1.54, 1.807) is 38.1 Å². The average Bonchev–Trinajstić information content (AvgIpc) is 3.00. The Morgan fingerprint density at radius 1 is 1.23 bits per heavy atom. The van der Waals surface area contributed by atoms with Crippen molar-refractivity contribution in [3.63, 3.8) is 0 Å². The lowest BCUT2D eigenvalue weighted by Crippen LogP contribution is -2.38. The van der Waals surface area contributed by atoms with Crippen LogP contribution in [-0.2, 0) is 18.6 Å². The number of esters is 1. The predicted molar refractivity (Wildman–Crippen MR) is 125 cm³/mol. The minimum Gasteiger partial charge on any atom is -0.464 e. The largest absolute Gasteiger partial charge is 0.464 e. The van der Waals surface area contributed by atoms with E-state index in [2.05, 4.69) is 12.8 Å². The quantitative estimate of drug-likeness (QED) is 0.301. The fraction of sp³-hybridized carbons (Fsp3) is 0.409. The summed E-state index contributed by atoms with van der Waals surface area (Å²) in [5, 5.41) is 0.632. The van der Waals surface area contributed by atoms with E-state index in [9.17, 15) is 13.8 Å². The lowest BCUT2D eigenvalue weighted by atomic mass is 10.0. The second kappa shape index (κ2) is 9.53. The zero-order valence-corrected chi connectivity index (χ0v) is 20.4. The summed E-state index contributed by atoms with van der Waals surface area (Å²) >= 11 is 10.8. The van der Waals surface area contributed by atoms with E-state index in [4.69, 9.17) is 20.9 Å². The molecule has 2 aromatic rings. The Kier molecular flexibility index (Phi) is 7.42. The van der Waals surface area contributed by atoms with Crippen molar-refractivity contribution < 1.29 is 23.0 Å². The first kappa shape index (κ1) is 24.1. The molecular formula is C22H26ClFNO4PS. The molecule has 0 fully saturated rings. The van der Waals surface area contributed by atoms with Crippen molar-refractivity contribution in [2.45, 2.75) is 45.3 Å². The smallest absolute Gasteiger partial charge is 0.331 e. The van der Waals surface area contributed by atoms with Crippen LogP contribution >= 0.6 is 31.8 Å². The van der Waals surface area contributed by atoms with E-state index < -0.39 is 30.9 Å². The first-order valence-electron chi connectivity index (χ1n) is 10.1. The van der Waals surface area contributed by atoms with E-state index in [0.717, 1.165) is 0 Å². The van der Waals surface area contributed by atoms with Crippen LogP contribution < -0.4 is 9.61 Å². The first-order valence-corrected chi connectivity index (χ1v) is 12.6. The number of hydrogen-bond acceptors (Lipinski definition) is 6. The second-order valence-electron chi connectivity index (χ2n) is 7.60. The highest BCUT2D eigenvalue weighted by atomic mass is 35.5. The highest BCUT2D eigenvalue weighted by Crippen LogP contribution is 2.66. The van der Waals surface area contributed by atoms with E-state index >= 15 is 0 Å². The van der Waals surface area contributed by atoms with Gasteiger partial charge in [0.25, 0.3) is 0 Å². The molecule has 3 rings (SSSR count). The summed E-state index contributed by atoms with van der Waals surface area (Å²) in [6, 6.07) is 8.32. The van der Waals surface area contributed by atoms with Crippen molar-refractivity contribution in [3.8, 4) is 0 Å². The zero-order valence-electron chi connectivity index (χ0n) is 17.8. The molecule has 0 saturated carbocycles. The normalized spacial score (nSPS) is 19.9. The summed E-state index contributed by atoms with van der Waals surface area (Å²) in [7, 11) is -3.83. The van der Waals surface area contributed by atoms with Gasteiger partial charge in [0.05, 0.1) is 24.6 Å². The lowest BCUT2D eigenvalue weighted by Gasteiger charge is -2.30. The van der Waals surface area contributed by atoms with Gasteiger partial charge in [-0.2, -0.15) is 0 Å². The standard InChI is InChI=1S/C22H26ClFNO4PS/c1-5-28-22(26)20-21(18-11-15(23)7-8-19(18)25(20)31)30(27,29-6-2)17-10-14(13(3)4)9-16(24)12-17/h7-13,20-21,31H,5-6H2,1-4H3. The number of carbonyl (C=O) groups is 1. The van der Waals surface area contributed by atoms with Crippen LogP contribution in [0.25, 0.3) is 0 Å². The number of nitrogens with zero attached hydrogens (tertiary/aromatic N) is 1. The maximum atomic E-state index is 14.6. The van der Waals surface area contributed by atoms with Crippen LogP contribution in [0.1, 0.15) is 50.4 Å². The molecule has 0 N–H and O–H groups in total. The third-order valence-electron chi connectivity index (χ3n) is 5.26. The number of carbonyl (C=O) groups excluding carboxylic acids is 1. The summed E-state index contributed by atoms with van der Waals surface area (Å²) in [5.41, 5.74) is 0.859. The Balaban J connectivity index is 2.28. The second-order valence-corrected chi connectivity index (χ2v) is 11.0. The van der Waals surface area contributed by atoms with Crippen LogP contribution in [0.3, 0.4) is 0 Å². The molecule has 1 heterocycles. The van der Waals surface area contributed by atoms with Gasteiger partial charge in [0.15, 0.2) is 6.04 Å². The lowest BCUT2D eigenvalue weighted by molar-refractivity contribution is -0.144. The van der Waals surface area contributed by atoms with Gasteiger partial charge in [-0.25, -0.2) is 9.18 Å². The molecule has 5 nitrogen and oxygen atoms in total. The van der Waals surface area contributed by atoms with Crippen molar-refractivity contribution in [1.29, 1.82) is 0 Å². The molecule has 0 bridgehead atoms. The van der Waals surface area contributed by atoms with Crippen molar-refractivity contribution in [1.82, 2.24) is 0 Å². The number of ether oxygens (including phenoxy) is 1. The van der Waals surface area contributed by atoms with Crippen LogP contribution in [-0.4, -0.2) is 25.2 Å². The molecule has 0 aromatic heterocycles. The predicted octanol–water partition coefficient (Wildman–Crippen LogP) is 5.88. The molecule has 0 radical (unpaired) electrons. The van der Waals surface area contributed by atoms with Gasteiger partial charge >= 0.3 is 5.97 Å². The van der Waals surface area contributed by atoms with Gasteiger partial charge in [-0.15, -0.1) is 0 Å². The summed E-state index contributed by atoms with van der Waals surface area (Å²) in [6.45, 7) is 7.51. The minimum atomic E-state index is -3.83. The van der Waals surface area contributed by atoms with Gasteiger partial charge in [-0.3, -0.25) is 4.57 Å². The number of thiol groups is 1. The van der Waals surface area contributed by atoms with Gasteiger partial charge < -0.3 is 13.6 Å². The fourth-order valence-electron chi connectivity index (χ4n) is 3.87. The highest BCUT2D eigenvalue weighted by Gasteiger charge is 2.54. The number of fused-ring (bicyclic) bond motifs is 1. The van der Waals surface area contributed by atoms with Crippen LogP contribution in [0.15, 0.2) is 36.4 Å². The van der Waals surface area contributed by atoms with E-state index in [1.807, 2.05) is 13.8 Å². The molecular weight excluding hydrogens is 460 g/mol. The van der Waals surface area contributed by atoms with Gasteiger partial charge in [0.1, 0.15) is 5.82 Å². The Morgan fingerprint density at radius 3 is 2.55 bits per heavy atom. The van der Waals surface area contributed by atoms with Gasteiger partial charge in [-0.1, -0.05) is 38.3 Å². The molecule has 0 amide bonds. The van der Waals surface area contributed by atoms with Crippen LogP contribution in [0.4, 0.5) is 10.1 Å². The number of benzene rings is 2. The minimum absolute atomic E-state index is 0.0112. The maximum Gasteiger partial charge on any atom is 0.331 e. The molecule has 1 aliphatic rings. The topological polar surface area (TPSA) is 55.8 Å². The van der Waals surface area contributed by atoms with Gasteiger partial charge in [0.2, 0.25) is 7.37 Å². The SMILES string of the molecule is CCOC(=O)C1C(P(=O)(OCC)c2cc(F)cc(C(C)C)c2)c2cc(Cl)ccc2N1S. The van der Waals surface area contributed by atoms with Crippen molar-refractivity contribution in [3.05, 3.63) is 58.4 Å². The van der Waals surface area contributed by atoms with Crippen molar-refractivity contribution >= 4 is 48.7 Å². The molecule has 1 aliphatic heterocycles. The Labute approximate surface area is 192 Å². The molecule has 168 valence electrons. The molecule has 2 aromatic carbocycles. The monoisotopic (exact) mass is 485 g/mol. The number of halogens is 2. The number of anilines is 1. The average molecular weight is 486 g/mol. The molecule has 0 saturated heterocycles. The van der Waals surface area contributed by atoms with Crippen LogP contribution in [0, 0.1) is 5.82 Å². The van der Waals surface area contributed by atoms with Gasteiger partial charge in [-0.05, 0) is 67.3 Å². The molecule has 9 heteroatoms. The Bertz CT molecular complexity index is 1030.